The smallest absolute Gasteiger partial charge is 0.303 e. The fourth-order valence-electron chi connectivity index (χ4n) is 2.69. The fourth-order valence-corrected chi connectivity index (χ4v) is 2.69. The number of benzene rings is 1. The van der Waals surface area contributed by atoms with E-state index in [1.54, 1.807) is 24.0 Å². The molecule has 1 aliphatic heterocycles. The maximum Gasteiger partial charge on any atom is 0.303 e. The number of carbonyl (C=O) groups excluding carboxylic acids is 1. The van der Waals surface area contributed by atoms with Crippen molar-refractivity contribution in [3.63, 3.8) is 0 Å². The lowest BCUT2D eigenvalue weighted by atomic mass is 10.1. The summed E-state index contributed by atoms with van der Waals surface area (Å²) in [5.74, 6) is -1.24. The van der Waals surface area contributed by atoms with Gasteiger partial charge in [0, 0.05) is 38.2 Å². The first-order valence-electron chi connectivity index (χ1n) is 7.97. The van der Waals surface area contributed by atoms with Crippen LogP contribution in [0.3, 0.4) is 0 Å². The van der Waals surface area contributed by atoms with Crippen LogP contribution in [0.2, 0.25) is 0 Å². The largest absolute Gasteiger partial charge is 0.481 e. The molecular formula is C17H23FN2O3. The van der Waals surface area contributed by atoms with E-state index in [0.717, 1.165) is 26.1 Å². The van der Waals surface area contributed by atoms with Crippen molar-refractivity contribution >= 4 is 11.9 Å². The van der Waals surface area contributed by atoms with Crippen LogP contribution >= 0.6 is 0 Å². The zero-order valence-corrected chi connectivity index (χ0v) is 13.4. The van der Waals surface area contributed by atoms with Crippen LogP contribution in [0.4, 0.5) is 4.39 Å². The number of carboxylic acid groups (broad SMARTS) is 1. The van der Waals surface area contributed by atoms with Crippen molar-refractivity contribution in [2.24, 2.45) is 0 Å². The third kappa shape index (κ3) is 5.03. The minimum atomic E-state index is -0.759. The Kier molecular flexibility index (Phi) is 6.10. The van der Waals surface area contributed by atoms with Gasteiger partial charge < -0.3 is 10.0 Å². The van der Waals surface area contributed by atoms with Crippen LogP contribution in [-0.4, -0.2) is 59.5 Å². The molecule has 1 aliphatic rings. The zero-order valence-electron chi connectivity index (χ0n) is 13.4. The Balaban J connectivity index is 1.78. The maximum atomic E-state index is 13.6. The third-order valence-corrected chi connectivity index (χ3v) is 4.19. The number of halogens is 1. The summed E-state index contributed by atoms with van der Waals surface area (Å²) < 4.78 is 13.6. The lowest BCUT2D eigenvalue weighted by molar-refractivity contribution is -0.137. The highest BCUT2D eigenvalue weighted by Crippen LogP contribution is 2.13. The summed E-state index contributed by atoms with van der Waals surface area (Å²) >= 11 is 0. The number of unbranched alkanes of at least 4 members (excludes halogenated alkanes) is 1. The number of aryl methyl sites for hydroxylation is 1. The summed E-state index contributed by atoms with van der Waals surface area (Å²) in [6.45, 7) is 5.31. The van der Waals surface area contributed by atoms with E-state index in [1.807, 2.05) is 0 Å². The van der Waals surface area contributed by atoms with Gasteiger partial charge in [0.2, 0.25) is 0 Å². The van der Waals surface area contributed by atoms with Gasteiger partial charge in [0.1, 0.15) is 5.82 Å². The molecule has 0 radical (unpaired) electrons. The number of rotatable bonds is 6. The summed E-state index contributed by atoms with van der Waals surface area (Å²) in [4.78, 5) is 26.8. The van der Waals surface area contributed by atoms with Crippen molar-refractivity contribution in [1.82, 2.24) is 9.80 Å². The van der Waals surface area contributed by atoms with Gasteiger partial charge in [-0.15, -0.1) is 0 Å². The summed E-state index contributed by atoms with van der Waals surface area (Å²) in [5.41, 5.74) is 0.927. The second-order valence-electron chi connectivity index (χ2n) is 5.95. The average molecular weight is 322 g/mol. The third-order valence-electron chi connectivity index (χ3n) is 4.19. The van der Waals surface area contributed by atoms with Gasteiger partial charge in [-0.05, 0) is 44.0 Å². The van der Waals surface area contributed by atoms with E-state index in [0.29, 0.717) is 30.6 Å². The molecule has 0 aromatic heterocycles. The molecule has 0 spiro atoms. The van der Waals surface area contributed by atoms with Crippen molar-refractivity contribution in [3.05, 3.63) is 35.1 Å². The predicted molar refractivity (Wildman–Crippen MR) is 85.0 cm³/mol. The van der Waals surface area contributed by atoms with Crippen LogP contribution in [0.15, 0.2) is 18.2 Å². The molecule has 1 N–H and O–H groups in total. The monoisotopic (exact) mass is 322 g/mol. The molecule has 1 heterocycles. The van der Waals surface area contributed by atoms with Gasteiger partial charge in [-0.1, -0.05) is 6.07 Å². The SMILES string of the molecule is Cc1ccc(C(=O)N2CCN(CCCCC(=O)O)CC2)cc1F. The van der Waals surface area contributed by atoms with Crippen LogP contribution in [-0.2, 0) is 4.79 Å². The Bertz CT molecular complexity index is 569. The van der Waals surface area contributed by atoms with E-state index in [-0.39, 0.29) is 18.1 Å². The van der Waals surface area contributed by atoms with Crippen molar-refractivity contribution in [3.8, 4) is 0 Å². The van der Waals surface area contributed by atoms with E-state index in [1.165, 1.54) is 6.07 Å². The molecule has 1 fully saturated rings. The van der Waals surface area contributed by atoms with Crippen LogP contribution in [0.5, 0.6) is 0 Å². The molecule has 6 heteroatoms. The lowest BCUT2D eigenvalue weighted by Crippen LogP contribution is -2.48. The van der Waals surface area contributed by atoms with Crippen molar-refractivity contribution in [1.29, 1.82) is 0 Å². The maximum absolute atomic E-state index is 13.6. The molecule has 23 heavy (non-hydrogen) atoms. The summed E-state index contributed by atoms with van der Waals surface area (Å²) in [6.07, 6.45) is 1.73. The molecule has 0 aliphatic carbocycles. The number of nitrogens with zero attached hydrogens (tertiary/aromatic N) is 2. The Morgan fingerprint density at radius 1 is 1.17 bits per heavy atom. The lowest BCUT2D eigenvalue weighted by Gasteiger charge is -2.34. The quantitative estimate of drug-likeness (QED) is 0.815. The molecule has 0 unspecified atom stereocenters. The normalized spacial score (nSPS) is 15.7. The second kappa shape index (κ2) is 8.06. The van der Waals surface area contributed by atoms with Crippen molar-refractivity contribution < 1.29 is 19.1 Å². The van der Waals surface area contributed by atoms with Gasteiger partial charge in [0.05, 0.1) is 0 Å². The Hall–Kier alpha value is -1.95. The molecule has 126 valence electrons. The van der Waals surface area contributed by atoms with Gasteiger partial charge in [0.25, 0.3) is 5.91 Å². The number of hydrogen-bond donors (Lipinski definition) is 1. The first-order chi connectivity index (χ1) is 11.0. The average Bonchev–Trinajstić information content (AvgIpc) is 2.54. The van der Waals surface area contributed by atoms with Crippen molar-refractivity contribution in [2.75, 3.05) is 32.7 Å². The van der Waals surface area contributed by atoms with Gasteiger partial charge in [0.15, 0.2) is 0 Å². The summed E-state index contributed by atoms with van der Waals surface area (Å²) in [5, 5.41) is 8.61. The molecule has 5 nitrogen and oxygen atoms in total. The highest BCUT2D eigenvalue weighted by Gasteiger charge is 2.22. The standard InChI is InChI=1S/C17H23FN2O3/c1-13-5-6-14(12-15(13)18)17(23)20-10-8-19(9-11-20)7-3-2-4-16(21)22/h5-6,12H,2-4,7-11H2,1H3,(H,21,22). The molecular weight excluding hydrogens is 299 g/mol. The molecule has 1 amide bonds. The number of amides is 1. The van der Waals surface area contributed by atoms with Gasteiger partial charge in [-0.2, -0.15) is 0 Å². The highest BCUT2D eigenvalue weighted by atomic mass is 19.1. The number of carboxylic acids is 1. The number of hydrogen-bond acceptors (Lipinski definition) is 3. The molecule has 1 aromatic carbocycles. The van der Waals surface area contributed by atoms with E-state index in [4.69, 9.17) is 5.11 Å². The molecule has 2 rings (SSSR count). The fraction of sp³-hybridized carbons (Fsp3) is 0.529. The number of carbonyl (C=O) groups is 2. The first kappa shape index (κ1) is 17.4. The number of piperazine rings is 1. The first-order valence-corrected chi connectivity index (χ1v) is 7.97. The van der Waals surface area contributed by atoms with Crippen molar-refractivity contribution in [2.45, 2.75) is 26.2 Å². The van der Waals surface area contributed by atoms with E-state index in [2.05, 4.69) is 4.90 Å². The van der Waals surface area contributed by atoms with E-state index < -0.39 is 5.97 Å². The molecule has 1 saturated heterocycles. The van der Waals surface area contributed by atoms with Crippen LogP contribution in [0.25, 0.3) is 0 Å². The summed E-state index contributed by atoms with van der Waals surface area (Å²) in [7, 11) is 0. The molecule has 1 aromatic rings. The van der Waals surface area contributed by atoms with Crippen LogP contribution < -0.4 is 0 Å². The topological polar surface area (TPSA) is 60.9 Å². The molecule has 0 bridgehead atoms. The Labute approximate surface area is 135 Å². The second-order valence-corrected chi connectivity index (χ2v) is 5.95. The highest BCUT2D eigenvalue weighted by molar-refractivity contribution is 5.94. The number of aliphatic carboxylic acids is 1. The van der Waals surface area contributed by atoms with Gasteiger partial charge in [-0.3, -0.25) is 14.5 Å². The molecule has 0 atom stereocenters. The minimum Gasteiger partial charge on any atom is -0.481 e. The van der Waals surface area contributed by atoms with Crippen LogP contribution in [0, 0.1) is 12.7 Å². The zero-order chi connectivity index (χ0) is 16.8. The van der Waals surface area contributed by atoms with Crippen LogP contribution in [0.1, 0.15) is 35.2 Å². The summed E-state index contributed by atoms with van der Waals surface area (Å²) in [6, 6.07) is 4.59. The van der Waals surface area contributed by atoms with E-state index in [9.17, 15) is 14.0 Å². The van der Waals surface area contributed by atoms with Gasteiger partial charge in [-0.25, -0.2) is 4.39 Å². The van der Waals surface area contributed by atoms with Gasteiger partial charge >= 0.3 is 5.97 Å². The van der Waals surface area contributed by atoms with E-state index >= 15 is 0 Å². The minimum absolute atomic E-state index is 0.130. The molecule has 0 saturated carbocycles. The predicted octanol–water partition coefficient (Wildman–Crippen LogP) is 2.15. The Morgan fingerprint density at radius 3 is 2.48 bits per heavy atom. The Morgan fingerprint density at radius 2 is 1.87 bits per heavy atom.